The molecule has 0 aromatic heterocycles. The van der Waals surface area contributed by atoms with Crippen molar-refractivity contribution in [3.8, 4) is 0 Å². The van der Waals surface area contributed by atoms with Crippen LogP contribution in [0.3, 0.4) is 0 Å². The van der Waals surface area contributed by atoms with Crippen LogP contribution in [-0.4, -0.2) is 161 Å². The Hall–Kier alpha value is -6.53. The van der Waals surface area contributed by atoms with Gasteiger partial charge in [0.2, 0.25) is 0 Å². The number of aryl methyl sites for hydroxylation is 2. The summed E-state index contributed by atoms with van der Waals surface area (Å²) in [5, 5.41) is 9.45. The third-order valence-corrected chi connectivity index (χ3v) is 12.9. The average Bonchev–Trinajstić information content (AvgIpc) is 3.33. The Morgan fingerprint density at radius 1 is 0.436 bits per heavy atom. The number of carboxylic acid groups (broad SMARTS) is 1. The summed E-state index contributed by atoms with van der Waals surface area (Å²) in [6.45, 7) is 26.1. The van der Waals surface area contributed by atoms with Crippen LogP contribution in [0.2, 0.25) is 0 Å². The topological polar surface area (TPSA) is 233 Å². The Morgan fingerprint density at radius 2 is 0.718 bits per heavy atom. The first-order chi connectivity index (χ1) is 36.0. The molecule has 0 saturated heterocycles. The Kier molecular flexibility index (Phi) is 26.5. The molecule has 0 aliphatic rings. The summed E-state index contributed by atoms with van der Waals surface area (Å²) in [5.41, 5.74) is 2.30. The number of hydrogen-bond donors (Lipinski definition) is 1. The highest BCUT2D eigenvalue weighted by Gasteiger charge is 2.42. The summed E-state index contributed by atoms with van der Waals surface area (Å²) in [6.07, 6.45) is -6.57. The van der Waals surface area contributed by atoms with Gasteiger partial charge >= 0.3 is 35.9 Å². The first-order valence-electron chi connectivity index (χ1n) is 27.0. The van der Waals surface area contributed by atoms with E-state index in [-0.39, 0.29) is 62.2 Å². The van der Waals surface area contributed by atoms with Crippen molar-refractivity contribution < 1.29 is 71.9 Å². The van der Waals surface area contributed by atoms with Crippen molar-refractivity contribution in [3.05, 3.63) is 70.8 Å². The monoisotopic (exact) mass is 1090 g/mol. The third kappa shape index (κ3) is 21.7. The normalized spacial score (nSPS) is 14.7. The standard InChI is InChI=1S/C59H90N4O15/c1-34(2)28-44(61(17)52(66)49(33-43-26-22-39(10)23-27-43)77-57(72)47(31-37(7)8)63(19)58(73)78-59(13,14)15)54(69)74-40(11)50(64)60(16)46(30-36(5)6)56(71)76-48(32-42-24-20-38(9)21-25-42)51(65)62(18)45(29-35(3)4)55(70)75-41(12)53(67)68/h20-27,34-37,40-41,44-49H,28-33H2,1-19H3,(H,67,68)/t40-,41-,44+,45+,46+,47+,48-,49-/m0/s1. The Bertz CT molecular complexity index is 2340. The smallest absolute Gasteiger partial charge is 0.410 e. The lowest BCUT2D eigenvalue weighted by Crippen LogP contribution is -2.54. The van der Waals surface area contributed by atoms with Gasteiger partial charge in [-0.3, -0.25) is 19.3 Å². The van der Waals surface area contributed by atoms with E-state index in [9.17, 15) is 48.3 Å². The minimum Gasteiger partial charge on any atom is -0.479 e. The molecule has 0 heterocycles. The van der Waals surface area contributed by atoms with Gasteiger partial charge in [0.1, 0.15) is 29.8 Å². The van der Waals surface area contributed by atoms with E-state index in [1.165, 1.54) is 42.0 Å². The highest BCUT2D eigenvalue weighted by Crippen LogP contribution is 2.24. The average molecular weight is 1100 g/mol. The minimum absolute atomic E-state index is 0.0539. The fourth-order valence-electron chi connectivity index (χ4n) is 8.38. The minimum atomic E-state index is -1.52. The van der Waals surface area contributed by atoms with Crippen LogP contribution in [0, 0.1) is 37.5 Å². The van der Waals surface area contributed by atoms with E-state index in [1.807, 2.05) is 93.5 Å². The maximum atomic E-state index is 14.7. The lowest BCUT2D eigenvalue weighted by molar-refractivity contribution is -0.174. The first-order valence-corrected chi connectivity index (χ1v) is 27.0. The van der Waals surface area contributed by atoms with Gasteiger partial charge < -0.3 is 43.5 Å². The zero-order valence-electron chi connectivity index (χ0n) is 49.7. The maximum Gasteiger partial charge on any atom is 0.410 e. The molecule has 0 fully saturated rings. The molecule has 0 unspecified atom stereocenters. The van der Waals surface area contributed by atoms with E-state index in [2.05, 4.69) is 0 Å². The van der Waals surface area contributed by atoms with Crippen molar-refractivity contribution in [2.24, 2.45) is 23.7 Å². The van der Waals surface area contributed by atoms with Crippen molar-refractivity contribution in [1.82, 2.24) is 19.6 Å². The number of likely N-dealkylation sites (N-methyl/N-ethyl adjacent to an activating group) is 4. The molecule has 2 aromatic rings. The molecule has 0 saturated carbocycles. The lowest BCUT2D eigenvalue weighted by atomic mass is 10.00. The molecule has 0 aliphatic carbocycles. The first kappa shape index (κ1) is 67.6. The lowest BCUT2D eigenvalue weighted by Gasteiger charge is -2.34. The molecular formula is C59H90N4O15. The largest absolute Gasteiger partial charge is 0.479 e. The molecule has 1 N–H and O–H groups in total. The van der Waals surface area contributed by atoms with Crippen molar-refractivity contribution in [3.63, 3.8) is 0 Å². The number of aliphatic carboxylic acids is 1. The predicted octanol–water partition coefficient (Wildman–Crippen LogP) is 7.76. The fourth-order valence-corrected chi connectivity index (χ4v) is 8.38. The molecule has 2 aromatic carbocycles. The Morgan fingerprint density at radius 3 is 1.01 bits per heavy atom. The zero-order chi connectivity index (χ0) is 59.7. The molecule has 2 rings (SSSR count). The van der Waals surface area contributed by atoms with Crippen LogP contribution < -0.4 is 0 Å². The number of rotatable bonds is 28. The van der Waals surface area contributed by atoms with Gasteiger partial charge in [-0.1, -0.05) is 115 Å². The van der Waals surface area contributed by atoms with Gasteiger partial charge in [0, 0.05) is 41.0 Å². The molecule has 19 heteroatoms. The van der Waals surface area contributed by atoms with Crippen LogP contribution in [-0.2, 0) is 74.9 Å². The fraction of sp³-hybridized carbons (Fsp3) is 0.644. The molecular weight excluding hydrogens is 1000 g/mol. The van der Waals surface area contributed by atoms with Gasteiger partial charge in [-0.05, 0) is 109 Å². The molecule has 0 spiro atoms. The van der Waals surface area contributed by atoms with Crippen LogP contribution in [0.4, 0.5) is 4.79 Å². The summed E-state index contributed by atoms with van der Waals surface area (Å²) in [5.74, 6) is -8.02. The molecule has 4 amide bonds. The van der Waals surface area contributed by atoms with E-state index >= 15 is 0 Å². The number of carboxylic acids is 1. The van der Waals surface area contributed by atoms with Crippen molar-refractivity contribution in [2.45, 2.75) is 197 Å². The van der Waals surface area contributed by atoms with Crippen molar-refractivity contribution >= 4 is 53.7 Å². The Balaban J connectivity index is 2.54. The molecule has 436 valence electrons. The highest BCUT2D eigenvalue weighted by molar-refractivity contribution is 5.93. The van der Waals surface area contributed by atoms with Crippen molar-refractivity contribution in [1.29, 1.82) is 0 Å². The molecule has 0 bridgehead atoms. The molecule has 0 aliphatic heterocycles. The number of amides is 4. The number of esters is 4. The summed E-state index contributed by atoms with van der Waals surface area (Å²) in [7, 11) is 5.51. The number of nitrogens with zero attached hydrogens (tertiary/aromatic N) is 4. The van der Waals surface area contributed by atoms with Crippen LogP contribution in [0.1, 0.15) is 138 Å². The van der Waals surface area contributed by atoms with E-state index in [0.29, 0.717) is 11.1 Å². The van der Waals surface area contributed by atoms with E-state index in [1.54, 1.807) is 45.0 Å². The van der Waals surface area contributed by atoms with Crippen LogP contribution >= 0.6 is 0 Å². The predicted molar refractivity (Wildman–Crippen MR) is 294 cm³/mol. The van der Waals surface area contributed by atoms with Gasteiger partial charge in [-0.25, -0.2) is 28.8 Å². The number of carbonyl (C=O) groups is 9. The summed E-state index contributed by atoms with van der Waals surface area (Å²) < 4.78 is 28.7. The van der Waals surface area contributed by atoms with Crippen LogP contribution in [0.15, 0.2) is 48.5 Å². The molecule has 0 radical (unpaired) electrons. The molecule has 19 nitrogen and oxygen atoms in total. The number of carbonyl (C=O) groups excluding carboxylic acids is 8. The summed E-state index contributed by atoms with van der Waals surface area (Å²) >= 11 is 0. The number of hydrogen-bond acceptors (Lipinski definition) is 14. The summed E-state index contributed by atoms with van der Waals surface area (Å²) in [4.78, 5) is 129. The van der Waals surface area contributed by atoms with Gasteiger partial charge in [0.25, 0.3) is 17.7 Å². The van der Waals surface area contributed by atoms with Gasteiger partial charge in [-0.2, -0.15) is 0 Å². The molecule has 8 atom stereocenters. The van der Waals surface area contributed by atoms with Gasteiger partial charge in [0.15, 0.2) is 24.4 Å². The second-order valence-electron chi connectivity index (χ2n) is 23.2. The number of benzene rings is 2. The quantitative estimate of drug-likeness (QED) is 0.0634. The Labute approximate surface area is 462 Å². The van der Waals surface area contributed by atoms with Crippen LogP contribution in [0.25, 0.3) is 0 Å². The number of ether oxygens (including phenoxy) is 5. The van der Waals surface area contributed by atoms with E-state index in [4.69, 9.17) is 23.7 Å². The van der Waals surface area contributed by atoms with Crippen molar-refractivity contribution in [2.75, 3.05) is 28.2 Å². The molecule has 78 heavy (non-hydrogen) atoms. The highest BCUT2D eigenvalue weighted by atomic mass is 16.6. The zero-order valence-corrected chi connectivity index (χ0v) is 49.7. The van der Waals surface area contributed by atoms with Crippen LogP contribution in [0.5, 0.6) is 0 Å². The second-order valence-corrected chi connectivity index (χ2v) is 23.2. The van der Waals surface area contributed by atoms with E-state index in [0.717, 1.165) is 30.7 Å². The maximum absolute atomic E-state index is 14.7. The third-order valence-electron chi connectivity index (χ3n) is 12.9. The van der Waals surface area contributed by atoms with E-state index < -0.39 is 108 Å². The SMILES string of the molecule is Cc1ccc(C[C@H](OC(=O)[C@@H](CC(C)C)N(C)C(=O)OC(C)(C)C)C(=O)N(C)[C@H](CC(C)C)C(=O)O[C@@H](C)C(=O)N(C)[C@H](CC(C)C)C(=O)O[C@@H](Cc2ccc(C)cc2)C(=O)N(C)[C@H](CC(C)C)C(=O)O[C@@H](C)C(=O)O)cc1. The second kappa shape index (κ2) is 30.6. The van der Waals surface area contributed by atoms with Gasteiger partial charge in [-0.15, -0.1) is 0 Å². The van der Waals surface area contributed by atoms with Gasteiger partial charge in [0.05, 0.1) is 0 Å². The summed E-state index contributed by atoms with van der Waals surface area (Å²) in [6, 6.07) is 9.47.